The van der Waals surface area contributed by atoms with Crippen molar-refractivity contribution in [1.82, 2.24) is 15.1 Å². The second-order valence-electron chi connectivity index (χ2n) is 8.25. The molecule has 4 amide bonds. The number of amides is 4. The molecule has 3 aliphatic rings. The molecule has 162 valence electrons. The Kier molecular flexibility index (Phi) is 5.83. The molecule has 0 unspecified atom stereocenters. The highest BCUT2D eigenvalue weighted by Gasteiger charge is 2.51. The van der Waals surface area contributed by atoms with Gasteiger partial charge in [-0.3, -0.25) is 14.5 Å². The first-order valence-corrected chi connectivity index (χ1v) is 10.8. The van der Waals surface area contributed by atoms with E-state index in [2.05, 4.69) is 5.32 Å². The zero-order valence-electron chi connectivity index (χ0n) is 17.4. The number of nitrogens with one attached hydrogen (secondary N) is 1. The van der Waals surface area contributed by atoms with Gasteiger partial charge in [-0.15, -0.1) is 0 Å². The lowest BCUT2D eigenvalue weighted by Crippen LogP contribution is -2.49. The molecule has 1 atom stereocenters. The lowest BCUT2D eigenvalue weighted by molar-refractivity contribution is -0.140. The lowest BCUT2D eigenvalue weighted by atomic mass is 9.90. The smallest absolute Gasteiger partial charge is 0.325 e. The van der Waals surface area contributed by atoms with Crippen LogP contribution in [0.4, 0.5) is 4.79 Å². The Morgan fingerprint density at radius 1 is 1.17 bits per heavy atom. The summed E-state index contributed by atoms with van der Waals surface area (Å²) < 4.78 is 11.7. The van der Waals surface area contributed by atoms with E-state index in [1.54, 1.807) is 4.90 Å². The molecule has 2 fully saturated rings. The van der Waals surface area contributed by atoms with Gasteiger partial charge in [0, 0.05) is 6.54 Å². The van der Waals surface area contributed by atoms with Crippen LogP contribution in [-0.4, -0.2) is 65.5 Å². The summed E-state index contributed by atoms with van der Waals surface area (Å²) >= 11 is 0. The average molecular weight is 415 g/mol. The molecular weight excluding hydrogens is 386 g/mol. The number of imide groups is 1. The first-order valence-electron chi connectivity index (χ1n) is 10.8. The number of nitrogens with zero attached hydrogens (tertiary/aromatic N) is 2. The number of rotatable bonds is 5. The Labute approximate surface area is 176 Å². The molecule has 2 aliphatic heterocycles. The first-order chi connectivity index (χ1) is 14.5. The Hall–Kier alpha value is -2.77. The molecular formula is C22H29N3O5. The Bertz CT molecular complexity index is 819. The number of carbonyl (C=O) groups is 3. The summed E-state index contributed by atoms with van der Waals surface area (Å²) in [6, 6.07) is 6.96. The summed E-state index contributed by atoms with van der Waals surface area (Å²) in [5, 5.41) is 2.89. The van der Waals surface area contributed by atoms with E-state index in [0.29, 0.717) is 44.0 Å². The van der Waals surface area contributed by atoms with E-state index in [4.69, 9.17) is 9.47 Å². The van der Waals surface area contributed by atoms with Crippen LogP contribution in [0.15, 0.2) is 24.3 Å². The topological polar surface area (TPSA) is 88.2 Å². The van der Waals surface area contributed by atoms with E-state index in [1.807, 2.05) is 31.2 Å². The van der Waals surface area contributed by atoms with Crippen LogP contribution in [-0.2, 0) is 9.59 Å². The highest BCUT2D eigenvalue weighted by molar-refractivity contribution is 6.09. The summed E-state index contributed by atoms with van der Waals surface area (Å²) in [5.41, 5.74) is -0.824. The molecule has 0 bridgehead atoms. The third kappa shape index (κ3) is 3.95. The predicted molar refractivity (Wildman–Crippen MR) is 109 cm³/mol. The number of ether oxygens (including phenoxy) is 2. The van der Waals surface area contributed by atoms with E-state index in [-0.39, 0.29) is 24.5 Å². The van der Waals surface area contributed by atoms with Gasteiger partial charge in [-0.1, -0.05) is 37.8 Å². The normalized spacial score (nSPS) is 22.6. The fourth-order valence-electron chi connectivity index (χ4n) is 4.53. The van der Waals surface area contributed by atoms with Crippen LogP contribution >= 0.6 is 0 Å². The number of fused-ring (bicyclic) bond motifs is 1. The minimum Gasteiger partial charge on any atom is -0.486 e. The predicted octanol–water partition coefficient (Wildman–Crippen LogP) is 2.32. The standard InChI is InChI=1S/C22H29N3O5/c1-2-24(13-16-15-29-17-9-5-6-10-18(17)30-16)19(26)14-25-20(27)22(23-21(25)28)11-7-3-4-8-12-22/h5-6,9-10,16H,2-4,7-8,11-15H2,1H3,(H,23,28)/t16-/m1/s1. The number of benzene rings is 1. The minimum atomic E-state index is -0.824. The van der Waals surface area contributed by atoms with E-state index < -0.39 is 11.6 Å². The monoisotopic (exact) mass is 415 g/mol. The van der Waals surface area contributed by atoms with Crippen molar-refractivity contribution < 1.29 is 23.9 Å². The number of carbonyl (C=O) groups excluding carboxylic acids is 3. The molecule has 1 saturated heterocycles. The zero-order chi connectivity index (χ0) is 21.1. The van der Waals surface area contributed by atoms with Gasteiger partial charge in [0.1, 0.15) is 18.7 Å². The van der Waals surface area contributed by atoms with Gasteiger partial charge in [0.05, 0.1) is 6.54 Å². The molecule has 1 saturated carbocycles. The van der Waals surface area contributed by atoms with Gasteiger partial charge in [0.2, 0.25) is 5.91 Å². The van der Waals surface area contributed by atoms with Gasteiger partial charge in [0.25, 0.3) is 5.91 Å². The maximum absolute atomic E-state index is 13.0. The summed E-state index contributed by atoms with van der Waals surface area (Å²) in [6.45, 7) is 2.75. The fourth-order valence-corrected chi connectivity index (χ4v) is 4.53. The van der Waals surface area contributed by atoms with E-state index in [1.165, 1.54) is 0 Å². The average Bonchev–Trinajstić information content (AvgIpc) is 2.92. The number of hydrogen-bond donors (Lipinski definition) is 1. The molecule has 30 heavy (non-hydrogen) atoms. The maximum Gasteiger partial charge on any atom is 0.325 e. The van der Waals surface area contributed by atoms with Crippen LogP contribution in [0.25, 0.3) is 0 Å². The van der Waals surface area contributed by atoms with Crippen LogP contribution in [0, 0.1) is 0 Å². The van der Waals surface area contributed by atoms with E-state index in [0.717, 1.165) is 30.6 Å². The van der Waals surface area contributed by atoms with Gasteiger partial charge in [-0.2, -0.15) is 0 Å². The summed E-state index contributed by atoms with van der Waals surface area (Å²) in [4.78, 5) is 41.2. The van der Waals surface area contributed by atoms with Crippen molar-refractivity contribution in [2.45, 2.75) is 57.1 Å². The van der Waals surface area contributed by atoms with Gasteiger partial charge >= 0.3 is 6.03 Å². The number of para-hydroxylation sites is 2. The van der Waals surface area contributed by atoms with Crippen LogP contribution in [0.3, 0.4) is 0 Å². The molecule has 1 N–H and O–H groups in total. The molecule has 1 aromatic rings. The quantitative estimate of drug-likeness (QED) is 0.746. The molecule has 8 heteroatoms. The van der Waals surface area contributed by atoms with Crippen molar-refractivity contribution in [3.8, 4) is 11.5 Å². The Morgan fingerprint density at radius 3 is 2.57 bits per heavy atom. The molecule has 1 aromatic carbocycles. The maximum atomic E-state index is 13.0. The molecule has 2 heterocycles. The molecule has 1 spiro atoms. The van der Waals surface area contributed by atoms with Crippen molar-refractivity contribution in [2.75, 3.05) is 26.2 Å². The Balaban J connectivity index is 1.38. The van der Waals surface area contributed by atoms with Gasteiger partial charge in [-0.25, -0.2) is 4.79 Å². The van der Waals surface area contributed by atoms with E-state index >= 15 is 0 Å². The lowest BCUT2D eigenvalue weighted by Gasteiger charge is -2.31. The van der Waals surface area contributed by atoms with Crippen LogP contribution in [0.1, 0.15) is 45.4 Å². The van der Waals surface area contributed by atoms with Crippen molar-refractivity contribution in [3.05, 3.63) is 24.3 Å². The SMILES string of the molecule is CCN(C[C@@H]1COc2ccccc2O1)C(=O)CN1C(=O)NC2(CCCCCC2)C1=O. The zero-order valence-corrected chi connectivity index (χ0v) is 17.4. The minimum absolute atomic E-state index is 0.246. The summed E-state index contributed by atoms with van der Waals surface area (Å²) in [5.74, 6) is 0.817. The largest absolute Gasteiger partial charge is 0.486 e. The second-order valence-corrected chi connectivity index (χ2v) is 8.25. The molecule has 0 radical (unpaired) electrons. The van der Waals surface area contributed by atoms with E-state index in [9.17, 15) is 14.4 Å². The van der Waals surface area contributed by atoms with Crippen LogP contribution in [0.2, 0.25) is 0 Å². The van der Waals surface area contributed by atoms with Crippen molar-refractivity contribution in [3.63, 3.8) is 0 Å². The van der Waals surface area contributed by atoms with Crippen molar-refractivity contribution in [1.29, 1.82) is 0 Å². The first kappa shape index (κ1) is 20.5. The van der Waals surface area contributed by atoms with Crippen LogP contribution < -0.4 is 14.8 Å². The third-order valence-corrected chi connectivity index (χ3v) is 6.22. The van der Waals surface area contributed by atoms with Gasteiger partial charge in [0.15, 0.2) is 17.6 Å². The number of hydrogen-bond acceptors (Lipinski definition) is 5. The van der Waals surface area contributed by atoms with Gasteiger partial charge in [-0.05, 0) is 31.9 Å². The van der Waals surface area contributed by atoms with Crippen LogP contribution in [0.5, 0.6) is 11.5 Å². The third-order valence-electron chi connectivity index (χ3n) is 6.22. The highest BCUT2D eigenvalue weighted by Crippen LogP contribution is 2.33. The van der Waals surface area contributed by atoms with Gasteiger partial charge < -0.3 is 19.7 Å². The molecule has 0 aromatic heterocycles. The summed E-state index contributed by atoms with van der Waals surface area (Å²) in [6.07, 6.45) is 4.95. The molecule has 4 rings (SSSR count). The number of likely N-dealkylation sites (N-methyl/N-ethyl adjacent to an activating group) is 1. The highest BCUT2D eigenvalue weighted by atomic mass is 16.6. The Morgan fingerprint density at radius 2 is 1.87 bits per heavy atom. The second kappa shape index (κ2) is 8.53. The fraction of sp³-hybridized carbons (Fsp3) is 0.591. The number of urea groups is 1. The van der Waals surface area contributed by atoms with Crippen molar-refractivity contribution >= 4 is 17.8 Å². The molecule has 1 aliphatic carbocycles. The molecule has 8 nitrogen and oxygen atoms in total. The summed E-state index contributed by atoms with van der Waals surface area (Å²) in [7, 11) is 0. The van der Waals surface area contributed by atoms with Crippen molar-refractivity contribution in [2.24, 2.45) is 0 Å².